The first-order valence-corrected chi connectivity index (χ1v) is 8.58. The molecule has 0 aliphatic carbocycles. The molecule has 0 fully saturated rings. The summed E-state index contributed by atoms with van der Waals surface area (Å²) in [6, 6.07) is 10.8. The fourth-order valence-corrected chi connectivity index (χ4v) is 3.90. The van der Waals surface area contributed by atoms with Gasteiger partial charge in [-0.2, -0.15) is 0 Å². The van der Waals surface area contributed by atoms with E-state index in [0.717, 1.165) is 27.7 Å². The van der Waals surface area contributed by atoms with E-state index < -0.39 is 0 Å². The normalized spacial score (nSPS) is 14.7. The first kappa shape index (κ1) is 15.1. The topological polar surface area (TPSA) is 21.3 Å². The Morgan fingerprint density at radius 1 is 1.19 bits per heavy atom. The van der Waals surface area contributed by atoms with E-state index in [1.807, 2.05) is 7.05 Å². The molecule has 1 heterocycles. The Balaban J connectivity index is 2.15. The maximum absolute atomic E-state index is 5.88. The van der Waals surface area contributed by atoms with Crippen molar-refractivity contribution in [2.75, 3.05) is 13.7 Å². The molecule has 0 bridgehead atoms. The number of hydrogen-bond donors (Lipinski definition) is 1. The summed E-state index contributed by atoms with van der Waals surface area (Å²) in [6.07, 6.45) is 0.979. The van der Waals surface area contributed by atoms with Crippen molar-refractivity contribution in [3.05, 3.63) is 61.5 Å². The third-order valence-electron chi connectivity index (χ3n) is 3.91. The zero-order valence-electron chi connectivity index (χ0n) is 12.0. The van der Waals surface area contributed by atoms with Gasteiger partial charge in [0.2, 0.25) is 0 Å². The Bertz CT molecular complexity index is 685. The molecule has 0 aromatic heterocycles. The smallest absolute Gasteiger partial charge is 0.127 e. The number of fused-ring (bicyclic) bond motifs is 1. The third kappa shape index (κ3) is 2.77. The molecule has 1 aliphatic heterocycles. The molecule has 0 radical (unpaired) electrons. The van der Waals surface area contributed by atoms with Crippen LogP contribution in [0, 0.1) is 6.92 Å². The third-order valence-corrected chi connectivity index (χ3v) is 5.45. The zero-order valence-corrected chi connectivity index (χ0v) is 15.2. The van der Waals surface area contributed by atoms with Gasteiger partial charge in [-0.3, -0.25) is 0 Å². The van der Waals surface area contributed by atoms with E-state index in [4.69, 9.17) is 4.74 Å². The predicted octanol–water partition coefficient (Wildman–Crippen LogP) is 4.76. The van der Waals surface area contributed by atoms with Crippen LogP contribution in [0.5, 0.6) is 5.75 Å². The Morgan fingerprint density at radius 2 is 2.00 bits per heavy atom. The highest BCUT2D eigenvalue weighted by atomic mass is 79.9. The second-order valence-electron chi connectivity index (χ2n) is 5.28. The van der Waals surface area contributed by atoms with Crippen LogP contribution in [0.3, 0.4) is 0 Å². The van der Waals surface area contributed by atoms with Crippen LogP contribution in [0.4, 0.5) is 0 Å². The molecule has 110 valence electrons. The largest absolute Gasteiger partial charge is 0.493 e. The number of rotatable bonds is 3. The average Bonchev–Trinajstić information content (AvgIpc) is 2.92. The van der Waals surface area contributed by atoms with Crippen LogP contribution in [-0.2, 0) is 6.42 Å². The van der Waals surface area contributed by atoms with E-state index in [9.17, 15) is 0 Å². The minimum Gasteiger partial charge on any atom is -0.493 e. The van der Waals surface area contributed by atoms with E-state index in [0.29, 0.717) is 0 Å². The van der Waals surface area contributed by atoms with Gasteiger partial charge >= 0.3 is 0 Å². The Labute approximate surface area is 142 Å². The van der Waals surface area contributed by atoms with Crippen LogP contribution in [-0.4, -0.2) is 13.7 Å². The number of benzene rings is 2. The molecule has 4 heteroatoms. The molecule has 21 heavy (non-hydrogen) atoms. The lowest BCUT2D eigenvalue weighted by atomic mass is 9.95. The van der Waals surface area contributed by atoms with Crippen molar-refractivity contribution in [1.29, 1.82) is 0 Å². The molecule has 0 saturated carbocycles. The first-order valence-electron chi connectivity index (χ1n) is 6.99. The molecular weight excluding hydrogens is 394 g/mol. The van der Waals surface area contributed by atoms with Crippen molar-refractivity contribution in [3.63, 3.8) is 0 Å². The number of ether oxygens (including phenoxy) is 1. The summed E-state index contributed by atoms with van der Waals surface area (Å²) in [7, 11) is 1.99. The lowest BCUT2D eigenvalue weighted by Crippen LogP contribution is -2.19. The molecule has 0 saturated heterocycles. The average molecular weight is 411 g/mol. The fraction of sp³-hybridized carbons (Fsp3) is 0.294. The van der Waals surface area contributed by atoms with Gasteiger partial charge in [0, 0.05) is 20.9 Å². The van der Waals surface area contributed by atoms with Crippen molar-refractivity contribution in [1.82, 2.24) is 5.32 Å². The highest BCUT2D eigenvalue weighted by molar-refractivity contribution is 9.10. The van der Waals surface area contributed by atoms with Gasteiger partial charge in [0.05, 0.1) is 12.6 Å². The maximum Gasteiger partial charge on any atom is 0.127 e. The van der Waals surface area contributed by atoms with E-state index in [1.165, 1.54) is 22.3 Å². The monoisotopic (exact) mass is 409 g/mol. The van der Waals surface area contributed by atoms with Gasteiger partial charge < -0.3 is 10.1 Å². The SMILES string of the molecule is CNC(c1cccc(C)c1Br)c1cc(Br)cc2c1OCC2. The summed E-state index contributed by atoms with van der Waals surface area (Å²) in [4.78, 5) is 0. The minimum atomic E-state index is 0.101. The molecule has 2 aromatic rings. The summed E-state index contributed by atoms with van der Waals surface area (Å²) >= 11 is 7.35. The molecule has 3 rings (SSSR count). The lowest BCUT2D eigenvalue weighted by Gasteiger charge is -2.22. The van der Waals surface area contributed by atoms with Gasteiger partial charge in [-0.1, -0.05) is 50.1 Å². The van der Waals surface area contributed by atoms with Gasteiger partial charge in [0.25, 0.3) is 0 Å². The van der Waals surface area contributed by atoms with Crippen LogP contribution in [0.1, 0.15) is 28.3 Å². The second kappa shape index (κ2) is 6.11. The standard InChI is InChI=1S/C17H17Br2NO/c1-10-4-3-5-13(15(10)19)16(20-2)14-9-12(18)8-11-6-7-21-17(11)14/h3-5,8-9,16,20H,6-7H2,1-2H3. The Morgan fingerprint density at radius 3 is 2.76 bits per heavy atom. The van der Waals surface area contributed by atoms with Crippen LogP contribution in [0.2, 0.25) is 0 Å². The van der Waals surface area contributed by atoms with Crippen LogP contribution < -0.4 is 10.1 Å². The summed E-state index contributed by atoms with van der Waals surface area (Å²) in [5.74, 6) is 1.03. The van der Waals surface area contributed by atoms with Gasteiger partial charge in [0.1, 0.15) is 5.75 Å². The molecule has 2 nitrogen and oxygen atoms in total. The summed E-state index contributed by atoms with van der Waals surface area (Å²) in [6.45, 7) is 2.88. The van der Waals surface area contributed by atoms with E-state index in [-0.39, 0.29) is 6.04 Å². The molecule has 1 unspecified atom stereocenters. The quantitative estimate of drug-likeness (QED) is 0.787. The molecule has 1 aliphatic rings. The summed E-state index contributed by atoms with van der Waals surface area (Å²) in [5, 5.41) is 3.43. The maximum atomic E-state index is 5.88. The van der Waals surface area contributed by atoms with Crippen molar-refractivity contribution in [3.8, 4) is 5.75 Å². The fourth-order valence-electron chi connectivity index (χ4n) is 2.88. The second-order valence-corrected chi connectivity index (χ2v) is 6.99. The number of aryl methyl sites for hydroxylation is 1. The van der Waals surface area contributed by atoms with Crippen molar-refractivity contribution in [2.45, 2.75) is 19.4 Å². The highest BCUT2D eigenvalue weighted by Gasteiger charge is 2.25. The van der Waals surface area contributed by atoms with Crippen molar-refractivity contribution >= 4 is 31.9 Å². The first-order chi connectivity index (χ1) is 10.1. The number of hydrogen-bond acceptors (Lipinski definition) is 2. The van der Waals surface area contributed by atoms with Gasteiger partial charge in [-0.15, -0.1) is 0 Å². The summed E-state index contributed by atoms with van der Waals surface area (Å²) < 4.78 is 8.13. The summed E-state index contributed by atoms with van der Waals surface area (Å²) in [5.41, 5.74) is 4.93. The van der Waals surface area contributed by atoms with Crippen LogP contribution >= 0.6 is 31.9 Å². The molecule has 2 aromatic carbocycles. The molecule has 1 atom stereocenters. The number of halogens is 2. The highest BCUT2D eigenvalue weighted by Crippen LogP contribution is 2.40. The molecular formula is C17H17Br2NO. The van der Waals surface area contributed by atoms with E-state index >= 15 is 0 Å². The molecule has 1 N–H and O–H groups in total. The van der Waals surface area contributed by atoms with Gasteiger partial charge in [-0.25, -0.2) is 0 Å². The minimum absolute atomic E-state index is 0.101. The van der Waals surface area contributed by atoms with E-state index in [2.05, 4.69) is 74.4 Å². The Hall–Kier alpha value is -0.840. The lowest BCUT2D eigenvalue weighted by molar-refractivity contribution is 0.351. The van der Waals surface area contributed by atoms with Gasteiger partial charge in [-0.05, 0) is 42.8 Å². The molecule has 0 amide bonds. The van der Waals surface area contributed by atoms with Crippen LogP contribution in [0.15, 0.2) is 39.3 Å². The van der Waals surface area contributed by atoms with Crippen LogP contribution in [0.25, 0.3) is 0 Å². The van der Waals surface area contributed by atoms with Crippen molar-refractivity contribution in [2.24, 2.45) is 0 Å². The van der Waals surface area contributed by atoms with E-state index in [1.54, 1.807) is 0 Å². The zero-order chi connectivity index (χ0) is 15.0. The number of nitrogens with one attached hydrogen (secondary N) is 1. The Kier molecular flexibility index (Phi) is 4.38. The predicted molar refractivity (Wildman–Crippen MR) is 93.1 cm³/mol. The molecule has 0 spiro atoms. The van der Waals surface area contributed by atoms with Gasteiger partial charge in [0.15, 0.2) is 0 Å². The van der Waals surface area contributed by atoms with Crippen molar-refractivity contribution < 1.29 is 4.74 Å².